The van der Waals surface area contributed by atoms with E-state index in [0.29, 0.717) is 10.8 Å². The summed E-state index contributed by atoms with van der Waals surface area (Å²) in [5.41, 5.74) is 1.37. The standard InChI is InChI=1S/C14H15FN2O3S2/c1-3-22(19,20)8-12(18)16-14-17-13(9(2)21-14)10-4-6-11(15)7-5-10/h4-7H,3,8H2,1-2H3,(H,16,17,18). The van der Waals surface area contributed by atoms with Crippen molar-refractivity contribution in [2.75, 3.05) is 16.8 Å². The summed E-state index contributed by atoms with van der Waals surface area (Å²) in [7, 11) is -3.38. The van der Waals surface area contributed by atoms with Crippen molar-refractivity contribution in [2.24, 2.45) is 0 Å². The fraction of sp³-hybridized carbons (Fsp3) is 0.286. The topological polar surface area (TPSA) is 76.1 Å². The van der Waals surface area contributed by atoms with E-state index in [2.05, 4.69) is 10.3 Å². The Bertz CT molecular complexity index is 783. The fourth-order valence-electron chi connectivity index (χ4n) is 1.78. The van der Waals surface area contributed by atoms with Gasteiger partial charge in [0.25, 0.3) is 0 Å². The highest BCUT2D eigenvalue weighted by Gasteiger charge is 2.17. The maximum Gasteiger partial charge on any atom is 0.241 e. The smallest absolute Gasteiger partial charge is 0.241 e. The van der Waals surface area contributed by atoms with E-state index in [4.69, 9.17) is 0 Å². The van der Waals surface area contributed by atoms with Crippen molar-refractivity contribution in [1.82, 2.24) is 4.98 Å². The molecule has 0 radical (unpaired) electrons. The van der Waals surface area contributed by atoms with Gasteiger partial charge >= 0.3 is 0 Å². The number of anilines is 1. The van der Waals surface area contributed by atoms with Crippen molar-refractivity contribution in [3.63, 3.8) is 0 Å². The minimum atomic E-state index is -3.38. The number of aromatic nitrogens is 1. The lowest BCUT2D eigenvalue weighted by Crippen LogP contribution is -2.23. The summed E-state index contributed by atoms with van der Waals surface area (Å²) in [4.78, 5) is 16.8. The SMILES string of the molecule is CCS(=O)(=O)CC(=O)Nc1nc(-c2ccc(F)cc2)c(C)s1. The molecule has 0 saturated heterocycles. The van der Waals surface area contributed by atoms with E-state index in [1.165, 1.54) is 30.4 Å². The number of amides is 1. The lowest BCUT2D eigenvalue weighted by molar-refractivity contribution is -0.113. The minimum Gasteiger partial charge on any atom is -0.301 e. The molecule has 0 fully saturated rings. The van der Waals surface area contributed by atoms with Crippen molar-refractivity contribution < 1.29 is 17.6 Å². The number of carbonyl (C=O) groups excluding carboxylic acids is 1. The third kappa shape index (κ3) is 4.11. The Morgan fingerprint density at radius 2 is 1.95 bits per heavy atom. The van der Waals surface area contributed by atoms with Gasteiger partial charge in [0.1, 0.15) is 11.6 Å². The van der Waals surface area contributed by atoms with Crippen molar-refractivity contribution in [3.05, 3.63) is 35.0 Å². The number of hydrogen-bond donors (Lipinski definition) is 1. The van der Waals surface area contributed by atoms with E-state index in [1.54, 1.807) is 12.1 Å². The van der Waals surface area contributed by atoms with Crippen LogP contribution in [0.1, 0.15) is 11.8 Å². The first-order valence-corrected chi connectivity index (χ1v) is 9.18. The monoisotopic (exact) mass is 342 g/mol. The average Bonchev–Trinajstić information content (AvgIpc) is 2.79. The molecule has 2 aromatic rings. The maximum absolute atomic E-state index is 12.9. The molecule has 0 spiro atoms. The van der Waals surface area contributed by atoms with Crippen LogP contribution in [0.3, 0.4) is 0 Å². The molecule has 1 aromatic heterocycles. The molecule has 1 heterocycles. The van der Waals surface area contributed by atoms with Crippen molar-refractivity contribution in [3.8, 4) is 11.3 Å². The highest BCUT2D eigenvalue weighted by atomic mass is 32.2. The van der Waals surface area contributed by atoms with Gasteiger partial charge in [0.05, 0.1) is 5.69 Å². The van der Waals surface area contributed by atoms with Crippen LogP contribution in [0.5, 0.6) is 0 Å². The van der Waals surface area contributed by atoms with Gasteiger partial charge in [0, 0.05) is 16.2 Å². The zero-order valence-corrected chi connectivity index (χ0v) is 13.7. The van der Waals surface area contributed by atoms with Crippen LogP contribution in [0, 0.1) is 12.7 Å². The Labute approximate surface area is 132 Å². The number of aryl methyl sites for hydroxylation is 1. The van der Waals surface area contributed by atoms with E-state index in [9.17, 15) is 17.6 Å². The third-order valence-corrected chi connectivity index (χ3v) is 5.42. The number of hydrogen-bond acceptors (Lipinski definition) is 5. The van der Waals surface area contributed by atoms with Crippen LogP contribution < -0.4 is 5.32 Å². The lowest BCUT2D eigenvalue weighted by Gasteiger charge is -2.01. The van der Waals surface area contributed by atoms with Gasteiger partial charge in [-0.2, -0.15) is 0 Å². The predicted molar refractivity (Wildman–Crippen MR) is 85.2 cm³/mol. The third-order valence-electron chi connectivity index (χ3n) is 2.95. The van der Waals surface area contributed by atoms with E-state index in [1.807, 2.05) is 6.92 Å². The number of benzene rings is 1. The quantitative estimate of drug-likeness (QED) is 0.906. The van der Waals surface area contributed by atoms with Crippen LogP contribution in [0.2, 0.25) is 0 Å². The second kappa shape index (κ2) is 6.53. The number of sulfone groups is 1. The molecule has 0 unspecified atom stereocenters. The van der Waals surface area contributed by atoms with E-state index in [0.717, 1.165) is 10.4 Å². The molecule has 0 saturated carbocycles. The van der Waals surface area contributed by atoms with E-state index in [-0.39, 0.29) is 11.6 Å². The summed E-state index contributed by atoms with van der Waals surface area (Å²) in [5, 5.41) is 2.82. The van der Waals surface area contributed by atoms with Gasteiger partial charge in [-0.1, -0.05) is 6.92 Å². The molecule has 8 heteroatoms. The Hall–Kier alpha value is -1.80. The second-order valence-electron chi connectivity index (χ2n) is 4.66. The molecule has 2 rings (SSSR count). The van der Waals surface area contributed by atoms with Gasteiger partial charge in [-0.15, -0.1) is 11.3 Å². The van der Waals surface area contributed by atoms with Crippen LogP contribution >= 0.6 is 11.3 Å². The van der Waals surface area contributed by atoms with E-state index >= 15 is 0 Å². The molecular weight excluding hydrogens is 327 g/mol. The normalized spacial score (nSPS) is 11.4. The van der Waals surface area contributed by atoms with Crippen LogP contribution in [0.15, 0.2) is 24.3 Å². The van der Waals surface area contributed by atoms with Gasteiger partial charge in [-0.05, 0) is 31.2 Å². The summed E-state index contributed by atoms with van der Waals surface area (Å²) in [6.45, 7) is 3.32. The van der Waals surface area contributed by atoms with Gasteiger partial charge in [0.15, 0.2) is 15.0 Å². The van der Waals surface area contributed by atoms with Crippen molar-refractivity contribution in [1.29, 1.82) is 0 Å². The summed E-state index contributed by atoms with van der Waals surface area (Å²) < 4.78 is 35.8. The maximum atomic E-state index is 12.9. The zero-order chi connectivity index (χ0) is 16.3. The number of halogens is 1. The largest absolute Gasteiger partial charge is 0.301 e. The second-order valence-corrected chi connectivity index (χ2v) is 8.21. The number of thiazole rings is 1. The molecule has 1 aromatic carbocycles. The molecule has 0 aliphatic heterocycles. The molecule has 0 aliphatic carbocycles. The lowest BCUT2D eigenvalue weighted by atomic mass is 10.1. The Morgan fingerprint density at radius 3 is 2.55 bits per heavy atom. The van der Waals surface area contributed by atoms with Gasteiger partial charge < -0.3 is 5.32 Å². The first kappa shape index (κ1) is 16.6. The number of nitrogens with zero attached hydrogens (tertiary/aromatic N) is 1. The molecule has 0 bridgehead atoms. The van der Waals surface area contributed by atoms with Crippen LogP contribution in [-0.2, 0) is 14.6 Å². The summed E-state index contributed by atoms with van der Waals surface area (Å²) >= 11 is 1.24. The van der Waals surface area contributed by atoms with Gasteiger partial charge in [-0.3, -0.25) is 4.79 Å². The highest BCUT2D eigenvalue weighted by Crippen LogP contribution is 2.30. The number of carbonyl (C=O) groups is 1. The Morgan fingerprint density at radius 1 is 1.32 bits per heavy atom. The molecule has 0 atom stereocenters. The molecular formula is C14H15FN2O3S2. The first-order valence-electron chi connectivity index (χ1n) is 6.54. The molecule has 0 aliphatic rings. The zero-order valence-electron chi connectivity index (χ0n) is 12.1. The first-order chi connectivity index (χ1) is 10.3. The van der Waals surface area contributed by atoms with Gasteiger partial charge in [-0.25, -0.2) is 17.8 Å². The Kier molecular flexibility index (Phi) is 4.92. The van der Waals surface area contributed by atoms with Gasteiger partial charge in [0.2, 0.25) is 5.91 Å². The fourth-order valence-corrected chi connectivity index (χ4v) is 3.31. The summed E-state index contributed by atoms with van der Waals surface area (Å²) in [6.07, 6.45) is 0. The molecule has 118 valence electrons. The number of rotatable bonds is 5. The van der Waals surface area contributed by atoms with Crippen molar-refractivity contribution in [2.45, 2.75) is 13.8 Å². The summed E-state index contributed by atoms with van der Waals surface area (Å²) in [6, 6.07) is 5.87. The molecule has 1 amide bonds. The number of nitrogens with one attached hydrogen (secondary N) is 1. The van der Waals surface area contributed by atoms with E-state index < -0.39 is 21.5 Å². The van der Waals surface area contributed by atoms with Crippen LogP contribution in [0.4, 0.5) is 9.52 Å². The van der Waals surface area contributed by atoms with Crippen LogP contribution in [0.25, 0.3) is 11.3 Å². The minimum absolute atomic E-state index is 0.0852. The highest BCUT2D eigenvalue weighted by molar-refractivity contribution is 7.92. The Balaban J connectivity index is 2.16. The van der Waals surface area contributed by atoms with Crippen molar-refractivity contribution >= 4 is 32.2 Å². The average molecular weight is 342 g/mol. The van der Waals surface area contributed by atoms with Crippen LogP contribution in [-0.4, -0.2) is 30.8 Å². The molecule has 22 heavy (non-hydrogen) atoms. The predicted octanol–water partition coefficient (Wildman–Crippen LogP) is 2.63. The summed E-state index contributed by atoms with van der Waals surface area (Å²) in [5.74, 6) is -1.59. The molecule has 5 nitrogen and oxygen atoms in total. The molecule has 1 N–H and O–H groups in total.